The third-order valence-corrected chi connectivity index (χ3v) is 7.93. The first-order chi connectivity index (χ1) is 18.6. The molecule has 0 saturated carbocycles. The predicted octanol–water partition coefficient (Wildman–Crippen LogP) is 0.239. The minimum Gasteiger partial charge on any atom is -0.370 e. The molecule has 2 aliphatic rings. The zero-order chi connectivity index (χ0) is 29.9. The van der Waals surface area contributed by atoms with Crippen molar-refractivity contribution in [1.29, 1.82) is 0 Å². The van der Waals surface area contributed by atoms with Gasteiger partial charge in [-0.2, -0.15) is 0 Å². The monoisotopic (exact) mass is 578 g/mol. The van der Waals surface area contributed by atoms with Gasteiger partial charge in [0.05, 0.1) is 24.3 Å². The van der Waals surface area contributed by atoms with Crippen molar-refractivity contribution in [2.75, 3.05) is 13.1 Å². The first-order valence-electron chi connectivity index (χ1n) is 13.2. The van der Waals surface area contributed by atoms with E-state index in [4.69, 9.17) is 10.5 Å². The molecule has 0 aliphatic carbocycles. The maximum atomic E-state index is 13.8. The number of hydrogen-bond acceptors (Lipinski definition) is 9. The van der Waals surface area contributed by atoms with E-state index < -0.39 is 65.9 Å². The zero-order valence-corrected chi connectivity index (χ0v) is 24.4. The Bertz CT molecular complexity index is 1150. The van der Waals surface area contributed by atoms with Crippen LogP contribution in [0.25, 0.3) is 0 Å². The molecule has 220 valence electrons. The third kappa shape index (κ3) is 7.02. The molecule has 13 nitrogen and oxygen atoms in total. The van der Waals surface area contributed by atoms with Crippen LogP contribution in [0.2, 0.25) is 0 Å². The summed E-state index contributed by atoms with van der Waals surface area (Å²) in [5.74, 6) is -4.56. The third-order valence-electron chi connectivity index (χ3n) is 7.14. The molecular weight excluding hydrogens is 540 g/mol. The number of ether oxygens (including phenoxy) is 1. The van der Waals surface area contributed by atoms with Crippen molar-refractivity contribution in [3.63, 3.8) is 0 Å². The molecule has 0 radical (unpaired) electrons. The average molecular weight is 579 g/mol. The number of nitrogens with one attached hydrogen (secondary N) is 3. The number of carbonyl (C=O) groups is 6. The van der Waals surface area contributed by atoms with E-state index in [0.29, 0.717) is 6.42 Å². The highest BCUT2D eigenvalue weighted by Gasteiger charge is 2.56. The van der Waals surface area contributed by atoms with E-state index in [-0.39, 0.29) is 35.1 Å². The van der Waals surface area contributed by atoms with Crippen molar-refractivity contribution in [1.82, 2.24) is 25.8 Å². The molecule has 5 N–H and O–H groups in total. The van der Waals surface area contributed by atoms with Crippen LogP contribution in [0, 0.1) is 17.8 Å². The molecule has 3 heterocycles. The summed E-state index contributed by atoms with van der Waals surface area (Å²) in [6.45, 7) is 10.4. The Balaban J connectivity index is 1.78. The maximum Gasteiger partial charge on any atom is 0.316 e. The molecule has 1 aromatic rings. The molecule has 2 saturated heterocycles. The van der Waals surface area contributed by atoms with Crippen LogP contribution in [-0.4, -0.2) is 88.1 Å². The van der Waals surface area contributed by atoms with E-state index >= 15 is 0 Å². The van der Waals surface area contributed by atoms with E-state index in [2.05, 4.69) is 20.9 Å². The van der Waals surface area contributed by atoms with Crippen LogP contribution in [0.1, 0.15) is 57.8 Å². The second-order valence-corrected chi connectivity index (χ2v) is 12.4. The van der Waals surface area contributed by atoms with Gasteiger partial charge in [-0.15, -0.1) is 11.3 Å². The molecule has 2 unspecified atom stereocenters. The second-order valence-electron chi connectivity index (χ2n) is 11.5. The fourth-order valence-corrected chi connectivity index (χ4v) is 5.84. The Morgan fingerprint density at radius 1 is 1.10 bits per heavy atom. The van der Waals surface area contributed by atoms with Crippen LogP contribution in [-0.2, 0) is 23.9 Å². The molecule has 0 spiro atoms. The molecule has 2 aliphatic heterocycles. The summed E-state index contributed by atoms with van der Waals surface area (Å²) in [5.41, 5.74) is 4.48. The number of ketones is 2. The smallest absolute Gasteiger partial charge is 0.316 e. The Kier molecular flexibility index (Phi) is 9.67. The Hall–Kier alpha value is -3.39. The number of primary amides is 1. The largest absolute Gasteiger partial charge is 0.370 e. The number of aromatic nitrogens is 1. The lowest BCUT2D eigenvalue weighted by atomic mass is 9.89. The zero-order valence-electron chi connectivity index (χ0n) is 23.6. The summed E-state index contributed by atoms with van der Waals surface area (Å²) < 4.78 is 6.10. The van der Waals surface area contributed by atoms with Crippen molar-refractivity contribution in [3.8, 4) is 0 Å². The van der Waals surface area contributed by atoms with Gasteiger partial charge in [-0.05, 0) is 32.1 Å². The van der Waals surface area contributed by atoms with Crippen LogP contribution in [0.3, 0.4) is 0 Å². The molecular formula is C26H38N6O7S. The normalized spacial score (nSPS) is 22.9. The highest BCUT2D eigenvalue weighted by atomic mass is 32.1. The highest BCUT2D eigenvalue weighted by Crippen LogP contribution is 2.43. The lowest BCUT2D eigenvalue weighted by Crippen LogP contribution is -2.59. The number of thiazole rings is 1. The van der Waals surface area contributed by atoms with Gasteiger partial charge in [0.2, 0.25) is 23.4 Å². The molecule has 5 atom stereocenters. The summed E-state index contributed by atoms with van der Waals surface area (Å²) in [4.78, 5) is 81.3. The SMILES string of the molecule is CC(C)[C@H](NC(=O)N[C@H](C(=O)N1CC2OC(C)(C)CC2[C@H]1C(=O)NCC(=O)C(N)=O)C(C)C)C(=O)c1nccs1. The second kappa shape index (κ2) is 12.4. The molecule has 1 aromatic heterocycles. The van der Waals surface area contributed by atoms with Crippen molar-refractivity contribution in [2.24, 2.45) is 23.5 Å². The lowest BCUT2D eigenvalue weighted by molar-refractivity contribution is -0.143. The summed E-state index contributed by atoms with van der Waals surface area (Å²) in [6.07, 6.45) is 1.57. The predicted molar refractivity (Wildman–Crippen MR) is 145 cm³/mol. The van der Waals surface area contributed by atoms with Gasteiger partial charge in [-0.1, -0.05) is 27.7 Å². The Labute approximate surface area is 237 Å². The van der Waals surface area contributed by atoms with E-state index in [1.54, 1.807) is 33.1 Å². The van der Waals surface area contributed by atoms with Gasteiger partial charge >= 0.3 is 6.03 Å². The fourth-order valence-electron chi connectivity index (χ4n) is 5.22. The molecule has 0 bridgehead atoms. The van der Waals surface area contributed by atoms with Gasteiger partial charge in [0, 0.05) is 24.0 Å². The van der Waals surface area contributed by atoms with E-state index in [1.807, 2.05) is 13.8 Å². The van der Waals surface area contributed by atoms with Gasteiger partial charge in [0.25, 0.3) is 5.91 Å². The fraction of sp³-hybridized carbons (Fsp3) is 0.654. The van der Waals surface area contributed by atoms with Crippen LogP contribution in [0.4, 0.5) is 4.79 Å². The Morgan fingerprint density at radius 2 is 1.73 bits per heavy atom. The topological polar surface area (TPSA) is 190 Å². The van der Waals surface area contributed by atoms with Gasteiger partial charge in [0.1, 0.15) is 12.1 Å². The Morgan fingerprint density at radius 3 is 2.27 bits per heavy atom. The number of likely N-dealkylation sites (tertiary alicyclic amines) is 1. The summed E-state index contributed by atoms with van der Waals surface area (Å²) >= 11 is 1.17. The van der Waals surface area contributed by atoms with E-state index in [9.17, 15) is 28.8 Å². The van der Waals surface area contributed by atoms with Crippen molar-refractivity contribution in [2.45, 2.75) is 77.8 Å². The van der Waals surface area contributed by atoms with Gasteiger partial charge in [-0.3, -0.25) is 24.0 Å². The number of nitrogens with two attached hydrogens (primary N) is 1. The van der Waals surface area contributed by atoms with Crippen LogP contribution in [0.15, 0.2) is 11.6 Å². The summed E-state index contributed by atoms with van der Waals surface area (Å²) in [5, 5.41) is 9.72. The number of fused-ring (bicyclic) bond motifs is 1. The quantitative estimate of drug-likeness (QED) is 0.212. The number of amides is 5. The first kappa shape index (κ1) is 31.1. The van der Waals surface area contributed by atoms with E-state index in [1.165, 1.54) is 22.4 Å². The standard InChI is InChI=1S/C26H38N6O7S/c1-12(2)17(20(34)23-28-7-8-40-23)30-25(38)31-18(13(3)4)24(37)32-11-16-14(9-26(5,6)39-16)19(32)22(36)29-10-15(33)21(27)35/h7-8,12-14,16-19H,9-11H2,1-6H3,(H2,27,35)(H,29,36)(H2,30,31,38)/t14?,16?,17-,18-,19-/m0/s1. The molecule has 2 fully saturated rings. The molecule has 14 heteroatoms. The van der Waals surface area contributed by atoms with Crippen LogP contribution in [0.5, 0.6) is 0 Å². The van der Waals surface area contributed by atoms with Gasteiger partial charge < -0.3 is 31.3 Å². The number of urea groups is 1. The maximum absolute atomic E-state index is 13.8. The van der Waals surface area contributed by atoms with Crippen molar-refractivity contribution >= 4 is 46.7 Å². The van der Waals surface area contributed by atoms with Crippen molar-refractivity contribution in [3.05, 3.63) is 16.6 Å². The lowest BCUT2D eigenvalue weighted by Gasteiger charge is -2.33. The number of Topliss-reactive ketones (excluding diaryl/α,β-unsaturated/α-hetero) is 2. The molecule has 5 amide bonds. The van der Waals surface area contributed by atoms with E-state index in [0.717, 1.165) is 0 Å². The minimum atomic E-state index is -1.18. The minimum absolute atomic E-state index is 0.110. The number of nitrogens with zero attached hydrogens (tertiary/aromatic N) is 2. The highest BCUT2D eigenvalue weighted by molar-refractivity contribution is 7.11. The molecule has 40 heavy (non-hydrogen) atoms. The number of hydrogen-bond donors (Lipinski definition) is 4. The average Bonchev–Trinajstić information content (AvgIpc) is 3.57. The van der Waals surface area contributed by atoms with Crippen molar-refractivity contribution < 1.29 is 33.5 Å². The molecule has 0 aromatic carbocycles. The first-order valence-corrected chi connectivity index (χ1v) is 14.1. The number of carbonyl (C=O) groups excluding carboxylic acids is 6. The van der Waals surface area contributed by atoms with Gasteiger partial charge in [-0.25, -0.2) is 9.78 Å². The summed E-state index contributed by atoms with van der Waals surface area (Å²) in [7, 11) is 0. The van der Waals surface area contributed by atoms with Crippen LogP contribution >= 0.6 is 11.3 Å². The molecule has 3 rings (SSSR count). The summed E-state index contributed by atoms with van der Waals surface area (Å²) in [6, 6.07) is -3.59. The van der Waals surface area contributed by atoms with Crippen LogP contribution < -0.4 is 21.7 Å². The van der Waals surface area contributed by atoms with Gasteiger partial charge in [0.15, 0.2) is 5.01 Å². The number of rotatable bonds is 11.